The molecule has 3 saturated heterocycles. The number of hydrogen-bond donors (Lipinski definition) is 5. The lowest BCUT2D eigenvalue weighted by molar-refractivity contribution is 0.0694. The van der Waals surface area contributed by atoms with Crippen LogP contribution in [0, 0.1) is 27.9 Å². The summed E-state index contributed by atoms with van der Waals surface area (Å²) in [5, 5.41) is 36.5. The zero-order chi connectivity index (χ0) is 43.6. The Morgan fingerprint density at radius 2 is 1.31 bits per heavy atom. The Kier molecular flexibility index (Phi) is 10.6. The molecule has 0 spiro atoms. The highest BCUT2D eigenvalue weighted by Gasteiger charge is 2.32. The van der Waals surface area contributed by atoms with Crippen LogP contribution in [0.5, 0.6) is 0 Å². The first-order valence-corrected chi connectivity index (χ1v) is 21.3. The SMILES string of the molecule is CC1CN(C(=N)N=C(N)N2CCN(c3cc4c(cc3F)c(=O)c(C(=O)O)cn4C3CC3)CC2)CCN1C(=N)CC(=N)N1CCN(c2cc3c(cc2F)c(=O)ccn3C2CC2)CC1. The van der Waals surface area contributed by atoms with Gasteiger partial charge in [0, 0.05) is 119 Å². The van der Waals surface area contributed by atoms with Gasteiger partial charge in [0.15, 0.2) is 11.4 Å². The van der Waals surface area contributed by atoms with E-state index in [1.165, 1.54) is 18.3 Å². The number of carboxylic acid groups (broad SMARTS) is 1. The minimum Gasteiger partial charge on any atom is -0.477 e. The van der Waals surface area contributed by atoms with Gasteiger partial charge < -0.3 is 49.4 Å². The summed E-state index contributed by atoms with van der Waals surface area (Å²) in [5.74, 6) is -1.54. The summed E-state index contributed by atoms with van der Waals surface area (Å²) in [6, 6.07) is 7.70. The van der Waals surface area contributed by atoms with Crippen LogP contribution in [0.3, 0.4) is 0 Å². The number of amidine groups is 2. The second kappa shape index (κ2) is 16.1. The molecule has 5 heterocycles. The molecular weight excluding hydrogens is 801 g/mol. The van der Waals surface area contributed by atoms with Gasteiger partial charge in [-0.15, -0.1) is 0 Å². The Morgan fingerprint density at radius 1 is 0.758 bits per heavy atom. The van der Waals surface area contributed by atoms with Gasteiger partial charge in [-0.3, -0.25) is 25.8 Å². The largest absolute Gasteiger partial charge is 0.477 e. The third-order valence-corrected chi connectivity index (χ3v) is 13.0. The highest BCUT2D eigenvalue weighted by molar-refractivity contribution is 6.00. The van der Waals surface area contributed by atoms with E-state index in [9.17, 15) is 19.5 Å². The molecule has 326 valence electrons. The van der Waals surface area contributed by atoms with Gasteiger partial charge in [0.1, 0.15) is 28.9 Å². The summed E-state index contributed by atoms with van der Waals surface area (Å²) in [6.45, 7) is 6.97. The van der Waals surface area contributed by atoms with Crippen LogP contribution in [0.15, 0.2) is 57.3 Å². The van der Waals surface area contributed by atoms with E-state index in [4.69, 9.17) is 22.0 Å². The molecular formula is C43H51F2N13O4. The molecule has 17 nitrogen and oxygen atoms in total. The first-order chi connectivity index (χ1) is 29.7. The fourth-order valence-corrected chi connectivity index (χ4v) is 9.17. The number of guanidine groups is 2. The maximum absolute atomic E-state index is 15.5. The van der Waals surface area contributed by atoms with E-state index in [1.54, 1.807) is 22.9 Å². The van der Waals surface area contributed by atoms with Gasteiger partial charge in [-0.2, -0.15) is 4.99 Å². The minimum atomic E-state index is -1.34. The van der Waals surface area contributed by atoms with Crippen molar-refractivity contribution in [3.05, 3.63) is 80.4 Å². The number of nitrogens with two attached hydrogens (primary N) is 1. The first kappa shape index (κ1) is 40.9. The van der Waals surface area contributed by atoms with Gasteiger partial charge >= 0.3 is 5.97 Å². The van der Waals surface area contributed by atoms with Crippen LogP contribution >= 0.6 is 0 Å². The molecule has 62 heavy (non-hydrogen) atoms. The van der Waals surface area contributed by atoms with Gasteiger partial charge in [-0.1, -0.05) is 0 Å². The van der Waals surface area contributed by atoms with Crippen molar-refractivity contribution in [2.45, 2.75) is 57.2 Å². The van der Waals surface area contributed by atoms with Crippen molar-refractivity contribution >= 4 is 62.7 Å². The summed E-state index contributed by atoms with van der Waals surface area (Å²) >= 11 is 0. The number of aromatic nitrogens is 2. The molecule has 19 heteroatoms. The van der Waals surface area contributed by atoms with Crippen molar-refractivity contribution in [1.29, 1.82) is 16.2 Å². The molecule has 2 aliphatic carbocycles. The maximum Gasteiger partial charge on any atom is 0.341 e. The molecule has 2 saturated carbocycles. The van der Waals surface area contributed by atoms with Gasteiger partial charge in [0.2, 0.25) is 11.4 Å². The van der Waals surface area contributed by atoms with E-state index in [2.05, 4.69) is 9.56 Å². The molecule has 5 aliphatic rings. The van der Waals surface area contributed by atoms with Crippen LogP contribution in [-0.4, -0.2) is 141 Å². The summed E-state index contributed by atoms with van der Waals surface area (Å²) < 4.78 is 34.7. The normalized spacial score (nSPS) is 20.0. The van der Waals surface area contributed by atoms with Crippen LogP contribution in [0.1, 0.15) is 61.5 Å². The maximum atomic E-state index is 15.5. The fourth-order valence-electron chi connectivity index (χ4n) is 9.17. The average molecular weight is 852 g/mol. The highest BCUT2D eigenvalue weighted by Crippen LogP contribution is 2.39. The van der Waals surface area contributed by atoms with Gasteiger partial charge in [0.25, 0.3) is 0 Å². The Labute approximate surface area is 355 Å². The Bertz CT molecular complexity index is 2660. The number of nitrogens with zero attached hydrogens (tertiary/aromatic N) is 9. The summed E-state index contributed by atoms with van der Waals surface area (Å²) in [5.41, 5.74) is 7.18. The molecule has 1 atom stereocenters. The molecule has 5 fully saturated rings. The fraction of sp³-hybridized carbons (Fsp3) is 0.465. The Balaban J connectivity index is 0.761. The second-order valence-corrected chi connectivity index (χ2v) is 17.1. The van der Waals surface area contributed by atoms with Gasteiger partial charge in [0.05, 0.1) is 28.8 Å². The van der Waals surface area contributed by atoms with E-state index in [1.807, 2.05) is 36.3 Å². The smallest absolute Gasteiger partial charge is 0.341 e. The summed E-state index contributed by atoms with van der Waals surface area (Å²) in [7, 11) is 0. The number of benzene rings is 2. The summed E-state index contributed by atoms with van der Waals surface area (Å²) in [6.07, 6.45) is 7.10. The number of fused-ring (bicyclic) bond motifs is 2. The number of piperazine rings is 3. The quantitative estimate of drug-likeness (QED) is 0.134. The summed E-state index contributed by atoms with van der Waals surface area (Å²) in [4.78, 5) is 53.0. The number of nitrogens with one attached hydrogen (secondary N) is 3. The molecule has 2 aromatic carbocycles. The van der Waals surface area contributed by atoms with E-state index in [-0.39, 0.29) is 46.8 Å². The molecule has 0 bridgehead atoms. The number of anilines is 2. The molecule has 9 rings (SSSR count). The molecule has 4 aromatic rings. The monoisotopic (exact) mass is 851 g/mol. The van der Waals surface area contributed by atoms with Crippen molar-refractivity contribution in [2.75, 3.05) is 81.8 Å². The number of rotatable bonds is 7. The number of pyridine rings is 2. The lowest BCUT2D eigenvalue weighted by Gasteiger charge is -2.42. The van der Waals surface area contributed by atoms with Crippen LogP contribution < -0.4 is 26.4 Å². The van der Waals surface area contributed by atoms with Crippen molar-refractivity contribution in [3.63, 3.8) is 0 Å². The molecule has 0 radical (unpaired) electrons. The number of halogens is 2. The lowest BCUT2D eigenvalue weighted by atomic mass is 10.1. The predicted octanol–water partition coefficient (Wildman–Crippen LogP) is 3.51. The van der Waals surface area contributed by atoms with E-state index >= 15 is 8.78 Å². The molecule has 3 aliphatic heterocycles. The number of carbonyl (C=O) groups is 1. The number of aromatic carboxylic acids is 1. The average Bonchev–Trinajstić information content (AvgIpc) is 4.20. The number of carboxylic acids is 1. The zero-order valence-electron chi connectivity index (χ0n) is 34.6. The molecule has 6 N–H and O–H groups in total. The van der Waals surface area contributed by atoms with E-state index in [0.29, 0.717) is 112 Å². The van der Waals surface area contributed by atoms with E-state index in [0.717, 1.165) is 37.3 Å². The molecule has 1 unspecified atom stereocenters. The van der Waals surface area contributed by atoms with Crippen LogP contribution in [0.4, 0.5) is 20.2 Å². The van der Waals surface area contributed by atoms with Crippen molar-refractivity contribution < 1.29 is 18.7 Å². The van der Waals surface area contributed by atoms with Crippen molar-refractivity contribution in [1.82, 2.24) is 28.7 Å². The Hall–Kier alpha value is -6.53. The first-order valence-electron chi connectivity index (χ1n) is 21.3. The standard InChI is InChI=1S/C43H51F2N13O4/c1-25-23-55(43(49)50-42(48)54-14-10-52(11-15-54)36-21-34-29(19-32(36)45)40(60)30(41(61)62)24-58(34)27-4-5-27)16-17-56(25)39(47)22-38(46)53-12-8-51(9-13-53)35-20-33-28(18-31(35)44)37(59)6-7-57(33)26-2-3-26/h6-7,18-21,24-27,46-47H,2-5,8-17,22-23H2,1H3,(H,61,62)(H3,48,49,50). The van der Waals surface area contributed by atoms with Crippen LogP contribution in [0.25, 0.3) is 21.8 Å². The lowest BCUT2D eigenvalue weighted by Crippen LogP contribution is -2.56. The third-order valence-electron chi connectivity index (χ3n) is 13.0. The van der Waals surface area contributed by atoms with Crippen molar-refractivity contribution in [2.24, 2.45) is 10.7 Å². The van der Waals surface area contributed by atoms with E-state index < -0.39 is 23.0 Å². The predicted molar refractivity (Wildman–Crippen MR) is 235 cm³/mol. The third kappa shape index (κ3) is 7.79. The molecule has 0 amide bonds. The van der Waals surface area contributed by atoms with Crippen LogP contribution in [0.2, 0.25) is 0 Å². The highest BCUT2D eigenvalue weighted by atomic mass is 19.1. The van der Waals surface area contributed by atoms with Gasteiger partial charge in [-0.25, -0.2) is 13.6 Å². The van der Waals surface area contributed by atoms with Crippen molar-refractivity contribution in [3.8, 4) is 0 Å². The minimum absolute atomic E-state index is 0.00611. The topological polar surface area (TPSA) is 211 Å². The number of hydrogen-bond acceptors (Lipinski definition) is 8. The van der Waals surface area contributed by atoms with Gasteiger partial charge in [-0.05, 0) is 56.9 Å². The number of aliphatic imine (C=N–C) groups is 1. The van der Waals surface area contributed by atoms with Crippen LogP contribution in [-0.2, 0) is 0 Å². The zero-order valence-corrected chi connectivity index (χ0v) is 34.6. The second-order valence-electron chi connectivity index (χ2n) is 17.1. The molecule has 2 aromatic heterocycles. The Morgan fingerprint density at radius 3 is 1.89 bits per heavy atom.